The molecule has 0 aliphatic carbocycles. The molecule has 1 amide bonds. The summed E-state index contributed by atoms with van der Waals surface area (Å²) in [7, 11) is 2.08. The van der Waals surface area contributed by atoms with Crippen molar-refractivity contribution in [2.24, 2.45) is 0 Å². The molecule has 0 aromatic heterocycles. The first kappa shape index (κ1) is 10.2. The third kappa shape index (κ3) is 2.36. The van der Waals surface area contributed by atoms with Crippen LogP contribution in [0.25, 0.3) is 0 Å². The van der Waals surface area contributed by atoms with E-state index in [4.69, 9.17) is 0 Å². The molecule has 15 heavy (non-hydrogen) atoms. The lowest BCUT2D eigenvalue weighted by atomic mass is 10.2. The van der Waals surface area contributed by atoms with E-state index in [-0.39, 0.29) is 5.91 Å². The first-order valence-corrected chi connectivity index (χ1v) is 5.21. The fourth-order valence-electron chi connectivity index (χ4n) is 1.72. The molecule has 2 rings (SSSR count). The van der Waals surface area contributed by atoms with Crippen molar-refractivity contribution in [2.45, 2.75) is 0 Å². The molecular weight excluding hydrogens is 188 g/mol. The van der Waals surface area contributed by atoms with Crippen molar-refractivity contribution in [3.8, 4) is 0 Å². The number of carbonyl (C=O) groups is 1. The summed E-state index contributed by atoms with van der Waals surface area (Å²) in [6, 6.07) is 10.2. The zero-order chi connectivity index (χ0) is 10.7. The average molecular weight is 203 g/mol. The van der Waals surface area contributed by atoms with Crippen LogP contribution in [0.2, 0.25) is 0 Å². The predicted octanol–water partition coefficient (Wildman–Crippen LogP) is 0.874. The minimum Gasteiger partial charge on any atom is -0.336 e. The second kappa shape index (κ2) is 4.45. The Morgan fingerprint density at radius 1 is 1.33 bits per heavy atom. The number of likely N-dealkylation sites (N-methyl/N-ethyl adjacent to an activating group) is 1. The van der Waals surface area contributed by atoms with Crippen LogP contribution in [0, 0.1) is 6.07 Å². The summed E-state index contributed by atoms with van der Waals surface area (Å²) < 4.78 is 0. The first-order chi connectivity index (χ1) is 7.27. The molecule has 0 N–H and O–H groups in total. The third-order valence-corrected chi connectivity index (χ3v) is 2.74. The number of benzene rings is 1. The first-order valence-electron chi connectivity index (χ1n) is 5.21. The molecular formula is C12H15N2O. The van der Waals surface area contributed by atoms with Gasteiger partial charge in [-0.1, -0.05) is 12.1 Å². The highest BCUT2D eigenvalue weighted by Gasteiger charge is 2.19. The molecule has 3 nitrogen and oxygen atoms in total. The molecule has 0 unspecified atom stereocenters. The topological polar surface area (TPSA) is 23.6 Å². The Morgan fingerprint density at radius 2 is 2.07 bits per heavy atom. The van der Waals surface area contributed by atoms with E-state index in [1.807, 2.05) is 17.0 Å². The van der Waals surface area contributed by atoms with Crippen LogP contribution in [0.5, 0.6) is 0 Å². The molecule has 0 bridgehead atoms. The van der Waals surface area contributed by atoms with Crippen LogP contribution in [0.1, 0.15) is 10.4 Å². The molecule has 0 spiro atoms. The summed E-state index contributed by atoms with van der Waals surface area (Å²) in [6.45, 7) is 3.57. The molecule has 1 aliphatic rings. The molecule has 0 saturated carbocycles. The fourth-order valence-corrected chi connectivity index (χ4v) is 1.72. The Hall–Kier alpha value is -1.35. The van der Waals surface area contributed by atoms with E-state index in [0.29, 0.717) is 0 Å². The van der Waals surface area contributed by atoms with Crippen molar-refractivity contribution in [2.75, 3.05) is 33.2 Å². The summed E-state index contributed by atoms with van der Waals surface area (Å²) in [6.07, 6.45) is 0. The molecule has 1 aliphatic heterocycles. The molecule has 1 heterocycles. The summed E-state index contributed by atoms with van der Waals surface area (Å²) in [5, 5.41) is 0. The Bertz CT molecular complexity index is 329. The van der Waals surface area contributed by atoms with Crippen molar-refractivity contribution in [1.82, 2.24) is 9.80 Å². The summed E-state index contributed by atoms with van der Waals surface area (Å²) in [5.74, 6) is 0.125. The Morgan fingerprint density at radius 3 is 2.67 bits per heavy atom. The third-order valence-electron chi connectivity index (χ3n) is 2.74. The lowest BCUT2D eigenvalue weighted by Gasteiger charge is -2.32. The van der Waals surface area contributed by atoms with Gasteiger partial charge in [0.15, 0.2) is 0 Å². The van der Waals surface area contributed by atoms with Gasteiger partial charge in [-0.05, 0) is 25.2 Å². The largest absolute Gasteiger partial charge is 0.336 e. The van der Waals surface area contributed by atoms with Gasteiger partial charge in [-0.3, -0.25) is 4.79 Å². The Balaban J connectivity index is 2.03. The maximum atomic E-state index is 12.0. The Labute approximate surface area is 90.3 Å². The van der Waals surface area contributed by atoms with Gasteiger partial charge in [-0.15, -0.1) is 0 Å². The lowest BCUT2D eigenvalue weighted by molar-refractivity contribution is 0.0664. The zero-order valence-electron chi connectivity index (χ0n) is 8.94. The maximum Gasteiger partial charge on any atom is 0.253 e. The van der Waals surface area contributed by atoms with Crippen LogP contribution in [0.4, 0.5) is 0 Å². The lowest BCUT2D eigenvalue weighted by Crippen LogP contribution is -2.47. The monoisotopic (exact) mass is 203 g/mol. The molecule has 1 fully saturated rings. The maximum absolute atomic E-state index is 12.0. The van der Waals surface area contributed by atoms with E-state index in [2.05, 4.69) is 18.0 Å². The van der Waals surface area contributed by atoms with Gasteiger partial charge in [0, 0.05) is 31.7 Å². The summed E-state index contributed by atoms with van der Waals surface area (Å²) >= 11 is 0. The van der Waals surface area contributed by atoms with E-state index in [1.165, 1.54) is 0 Å². The van der Waals surface area contributed by atoms with Gasteiger partial charge < -0.3 is 9.80 Å². The normalized spacial score (nSPS) is 17.8. The van der Waals surface area contributed by atoms with Crippen LogP contribution < -0.4 is 0 Å². The molecule has 1 radical (unpaired) electrons. The van der Waals surface area contributed by atoms with Crippen LogP contribution in [0.15, 0.2) is 24.3 Å². The zero-order valence-corrected chi connectivity index (χ0v) is 8.94. The van der Waals surface area contributed by atoms with Gasteiger partial charge in [-0.2, -0.15) is 0 Å². The van der Waals surface area contributed by atoms with E-state index in [9.17, 15) is 4.79 Å². The highest BCUT2D eigenvalue weighted by molar-refractivity contribution is 5.94. The summed E-state index contributed by atoms with van der Waals surface area (Å²) in [5.41, 5.74) is 0.738. The minimum atomic E-state index is 0.125. The van der Waals surface area contributed by atoms with E-state index in [1.54, 1.807) is 12.1 Å². The molecule has 1 aromatic carbocycles. The van der Waals surface area contributed by atoms with Crippen molar-refractivity contribution < 1.29 is 4.79 Å². The van der Waals surface area contributed by atoms with Gasteiger partial charge in [0.25, 0.3) is 5.91 Å². The Kier molecular flexibility index (Phi) is 3.02. The predicted molar refractivity (Wildman–Crippen MR) is 58.7 cm³/mol. The van der Waals surface area contributed by atoms with Crippen LogP contribution in [0.3, 0.4) is 0 Å². The van der Waals surface area contributed by atoms with Gasteiger partial charge >= 0.3 is 0 Å². The fraction of sp³-hybridized carbons (Fsp3) is 0.417. The van der Waals surface area contributed by atoms with Crippen molar-refractivity contribution in [3.63, 3.8) is 0 Å². The summed E-state index contributed by atoms with van der Waals surface area (Å²) in [4.78, 5) is 16.1. The van der Waals surface area contributed by atoms with Crippen LogP contribution >= 0.6 is 0 Å². The van der Waals surface area contributed by atoms with Gasteiger partial charge in [0.2, 0.25) is 0 Å². The highest BCUT2D eigenvalue weighted by atomic mass is 16.2. The van der Waals surface area contributed by atoms with Gasteiger partial charge in [0.1, 0.15) is 0 Å². The van der Waals surface area contributed by atoms with Crippen molar-refractivity contribution >= 4 is 5.91 Å². The highest BCUT2D eigenvalue weighted by Crippen LogP contribution is 2.07. The number of hydrogen-bond donors (Lipinski definition) is 0. The standard InChI is InChI=1S/C12H15N2O/c1-13-7-9-14(10-8-13)12(15)11-5-3-2-4-6-11/h2-3,5-6H,7-10H2,1H3. The smallest absolute Gasteiger partial charge is 0.253 e. The second-order valence-electron chi connectivity index (χ2n) is 3.89. The van der Waals surface area contributed by atoms with Crippen molar-refractivity contribution in [3.05, 3.63) is 35.9 Å². The second-order valence-corrected chi connectivity index (χ2v) is 3.89. The van der Waals surface area contributed by atoms with Crippen molar-refractivity contribution in [1.29, 1.82) is 0 Å². The van der Waals surface area contributed by atoms with Crippen LogP contribution in [-0.4, -0.2) is 48.9 Å². The van der Waals surface area contributed by atoms with E-state index < -0.39 is 0 Å². The molecule has 1 saturated heterocycles. The number of nitrogens with zero attached hydrogens (tertiary/aromatic N) is 2. The number of rotatable bonds is 1. The van der Waals surface area contributed by atoms with Gasteiger partial charge in [-0.25, -0.2) is 0 Å². The molecule has 0 atom stereocenters. The van der Waals surface area contributed by atoms with E-state index in [0.717, 1.165) is 31.7 Å². The van der Waals surface area contributed by atoms with Crippen LogP contribution in [-0.2, 0) is 0 Å². The molecule has 3 heteroatoms. The number of amides is 1. The van der Waals surface area contributed by atoms with E-state index >= 15 is 0 Å². The number of carbonyl (C=O) groups excluding carboxylic acids is 1. The van der Waals surface area contributed by atoms with Gasteiger partial charge in [0.05, 0.1) is 0 Å². The number of hydrogen-bond acceptors (Lipinski definition) is 2. The molecule has 1 aromatic rings. The molecule has 79 valence electrons. The minimum absolute atomic E-state index is 0.125. The SMILES string of the molecule is CN1CCN(C(=O)c2c[c]ccc2)CC1. The number of piperazine rings is 1. The average Bonchev–Trinajstić information content (AvgIpc) is 2.30. The quantitative estimate of drug-likeness (QED) is 0.676.